The first-order valence-electron chi connectivity index (χ1n) is 14.4. The minimum atomic E-state index is -1.20. The molecule has 3 aliphatic carbocycles. The Balaban J connectivity index is 1.41. The molecule has 0 N–H and O–H groups in total. The van der Waals surface area contributed by atoms with Crippen LogP contribution in [0.2, 0.25) is 0 Å². The van der Waals surface area contributed by atoms with E-state index in [1.165, 1.54) is 9.80 Å². The lowest BCUT2D eigenvalue weighted by atomic mass is 9.45. The van der Waals surface area contributed by atoms with Gasteiger partial charge in [-0.2, -0.15) is 0 Å². The van der Waals surface area contributed by atoms with Crippen molar-refractivity contribution >= 4 is 35.0 Å². The Labute approximate surface area is 243 Å². The summed E-state index contributed by atoms with van der Waals surface area (Å²) in [5, 5.41) is 0. The highest BCUT2D eigenvalue weighted by Crippen LogP contribution is 2.65. The largest absolute Gasteiger partial charge is 0.492 e. The molecule has 8 heteroatoms. The van der Waals surface area contributed by atoms with Crippen molar-refractivity contribution in [3.8, 4) is 11.5 Å². The Morgan fingerprint density at radius 2 is 1.07 bits per heavy atom. The highest BCUT2D eigenvalue weighted by molar-refractivity contribution is 6.27. The van der Waals surface area contributed by atoms with Crippen LogP contribution in [0.4, 0.5) is 11.4 Å². The van der Waals surface area contributed by atoms with Gasteiger partial charge in [-0.25, -0.2) is 9.80 Å². The maximum atomic E-state index is 14.5. The predicted octanol–water partition coefficient (Wildman–Crippen LogP) is 4.53. The molecular formula is C34H30N2O6. The molecule has 0 spiro atoms. The number of carbonyl (C=O) groups is 4. The zero-order valence-electron chi connectivity index (χ0n) is 23.3. The van der Waals surface area contributed by atoms with Gasteiger partial charge in [0.2, 0.25) is 23.6 Å². The summed E-state index contributed by atoms with van der Waals surface area (Å²) in [4.78, 5) is 60.1. The number of benzene rings is 3. The van der Waals surface area contributed by atoms with E-state index in [2.05, 4.69) is 0 Å². The van der Waals surface area contributed by atoms with E-state index in [9.17, 15) is 19.2 Å². The van der Waals surface area contributed by atoms with Crippen molar-refractivity contribution in [2.24, 2.45) is 29.6 Å². The monoisotopic (exact) mass is 562 g/mol. The Morgan fingerprint density at radius 3 is 1.55 bits per heavy atom. The van der Waals surface area contributed by atoms with Crippen molar-refractivity contribution in [3.05, 3.63) is 96.6 Å². The molecule has 0 radical (unpaired) electrons. The number of carbonyl (C=O) groups excluding carboxylic acids is 4. The lowest BCUT2D eigenvalue weighted by Gasteiger charge is -2.53. The number of para-hydroxylation sites is 4. The maximum Gasteiger partial charge on any atom is 0.239 e. The summed E-state index contributed by atoms with van der Waals surface area (Å²) in [6.07, 6.45) is 3.81. The molecule has 3 aromatic carbocycles. The van der Waals surface area contributed by atoms with Crippen molar-refractivity contribution in [1.82, 2.24) is 0 Å². The van der Waals surface area contributed by atoms with Gasteiger partial charge in [0.05, 0.1) is 48.3 Å². The van der Waals surface area contributed by atoms with E-state index < -0.39 is 35.0 Å². The third kappa shape index (κ3) is 3.35. The summed E-state index contributed by atoms with van der Waals surface area (Å²) in [6, 6.07) is 23.3. The third-order valence-electron chi connectivity index (χ3n) is 9.24. The quantitative estimate of drug-likeness (QED) is 0.310. The number of anilines is 2. The lowest BCUT2D eigenvalue weighted by molar-refractivity contribution is -0.140. The minimum absolute atomic E-state index is 0.366. The van der Waals surface area contributed by atoms with Gasteiger partial charge in [0.15, 0.2) is 0 Å². The molecule has 0 aromatic heterocycles. The molecule has 2 saturated heterocycles. The highest BCUT2D eigenvalue weighted by Gasteiger charge is 2.75. The van der Waals surface area contributed by atoms with E-state index >= 15 is 0 Å². The molecule has 2 heterocycles. The van der Waals surface area contributed by atoms with Gasteiger partial charge in [0, 0.05) is 11.3 Å². The summed E-state index contributed by atoms with van der Waals surface area (Å²) >= 11 is 0. The predicted molar refractivity (Wildman–Crippen MR) is 155 cm³/mol. The molecule has 3 aromatic rings. The van der Waals surface area contributed by atoms with Crippen LogP contribution in [-0.4, -0.2) is 36.8 Å². The van der Waals surface area contributed by atoms with Gasteiger partial charge in [-0.05, 0) is 43.7 Å². The standard InChI is InChI=1S/C34H30N2O6/c1-3-41-24-16-10-8-14-22(24)35-30(37)26-21-18-19-34(28(26)32(35)39,20-12-6-5-7-13-20)29-27(21)31(38)36(33(29)40)23-15-9-11-17-25(23)42-4-2/h5-19,21,26-29H,3-4H2,1-2H3/t21?,26-,27+,28+,29?,34?/m0/s1. The van der Waals surface area contributed by atoms with Gasteiger partial charge < -0.3 is 9.47 Å². The van der Waals surface area contributed by atoms with Crippen LogP contribution in [0, 0.1) is 29.6 Å². The van der Waals surface area contributed by atoms with E-state index in [4.69, 9.17) is 9.47 Å². The van der Waals surface area contributed by atoms with Crippen molar-refractivity contribution in [3.63, 3.8) is 0 Å². The molecule has 1 saturated carbocycles. The maximum absolute atomic E-state index is 14.5. The first-order valence-corrected chi connectivity index (χ1v) is 14.4. The van der Waals surface area contributed by atoms with Crippen LogP contribution in [0.3, 0.4) is 0 Å². The van der Waals surface area contributed by atoms with E-state index in [0.29, 0.717) is 36.1 Å². The molecule has 2 bridgehead atoms. The molecule has 3 fully saturated rings. The molecule has 3 unspecified atom stereocenters. The summed E-state index contributed by atoms with van der Waals surface area (Å²) in [7, 11) is 0. The SMILES string of the molecule is CCOc1ccccc1N1C(=O)C2[C@H](C1=O)C1C=CC2(c2ccccc2)[C@H]2C(=O)N(c3ccccc3OCC)C(=O)[C@@H]12. The van der Waals surface area contributed by atoms with Crippen molar-refractivity contribution in [2.45, 2.75) is 19.3 Å². The van der Waals surface area contributed by atoms with Crippen LogP contribution in [0.15, 0.2) is 91.0 Å². The second-order valence-electron chi connectivity index (χ2n) is 11.1. The second-order valence-corrected chi connectivity index (χ2v) is 11.1. The molecule has 2 aliphatic heterocycles. The van der Waals surface area contributed by atoms with Crippen LogP contribution in [0.25, 0.3) is 0 Å². The smallest absolute Gasteiger partial charge is 0.239 e. The summed E-state index contributed by atoms with van der Waals surface area (Å²) in [5.41, 5.74) is 0.282. The van der Waals surface area contributed by atoms with Crippen LogP contribution in [0.5, 0.6) is 11.5 Å². The fourth-order valence-corrected chi connectivity index (χ4v) is 7.79. The number of hydrogen-bond acceptors (Lipinski definition) is 6. The van der Waals surface area contributed by atoms with Crippen molar-refractivity contribution in [1.29, 1.82) is 0 Å². The zero-order chi connectivity index (χ0) is 29.2. The Kier molecular flexibility index (Phi) is 6.04. The summed E-state index contributed by atoms with van der Waals surface area (Å²) in [6.45, 7) is 4.41. The van der Waals surface area contributed by atoms with E-state index in [-0.39, 0.29) is 23.6 Å². The Hall–Kier alpha value is -4.72. The average Bonchev–Trinajstić information content (AvgIpc) is 3.45. The normalized spacial score (nSPS) is 29.2. The van der Waals surface area contributed by atoms with Crippen LogP contribution < -0.4 is 19.3 Å². The van der Waals surface area contributed by atoms with E-state index in [1.54, 1.807) is 48.5 Å². The van der Waals surface area contributed by atoms with Crippen LogP contribution in [0.1, 0.15) is 19.4 Å². The topological polar surface area (TPSA) is 93.2 Å². The fourth-order valence-electron chi connectivity index (χ4n) is 7.79. The van der Waals surface area contributed by atoms with Gasteiger partial charge in [-0.15, -0.1) is 0 Å². The Bertz CT molecular complexity index is 1550. The number of nitrogens with zero attached hydrogens (tertiary/aromatic N) is 2. The molecule has 212 valence electrons. The van der Waals surface area contributed by atoms with Crippen molar-refractivity contribution < 1.29 is 28.7 Å². The van der Waals surface area contributed by atoms with Gasteiger partial charge in [0.25, 0.3) is 0 Å². The number of imide groups is 2. The molecule has 8 rings (SSSR count). The zero-order valence-corrected chi connectivity index (χ0v) is 23.3. The minimum Gasteiger partial charge on any atom is -0.492 e. The number of rotatable bonds is 7. The first-order chi connectivity index (χ1) is 20.5. The molecule has 4 amide bonds. The molecular weight excluding hydrogens is 532 g/mol. The van der Waals surface area contributed by atoms with Crippen molar-refractivity contribution in [2.75, 3.05) is 23.0 Å². The van der Waals surface area contributed by atoms with Crippen LogP contribution in [-0.2, 0) is 24.6 Å². The number of ether oxygens (including phenoxy) is 2. The van der Waals surface area contributed by atoms with Gasteiger partial charge in [-0.3, -0.25) is 19.2 Å². The first kappa shape index (κ1) is 26.2. The van der Waals surface area contributed by atoms with E-state index in [1.807, 2.05) is 56.3 Å². The third-order valence-corrected chi connectivity index (χ3v) is 9.24. The Morgan fingerprint density at radius 1 is 0.619 bits per heavy atom. The summed E-state index contributed by atoms with van der Waals surface area (Å²) < 4.78 is 11.6. The summed E-state index contributed by atoms with van der Waals surface area (Å²) in [5.74, 6) is -4.63. The highest BCUT2D eigenvalue weighted by atomic mass is 16.5. The van der Waals surface area contributed by atoms with Gasteiger partial charge >= 0.3 is 0 Å². The average molecular weight is 563 g/mol. The second kappa shape index (κ2) is 9.69. The van der Waals surface area contributed by atoms with E-state index in [0.717, 1.165) is 5.56 Å². The molecule has 8 nitrogen and oxygen atoms in total. The fraction of sp³-hybridized carbons (Fsp3) is 0.294. The van der Waals surface area contributed by atoms with Crippen LogP contribution >= 0.6 is 0 Å². The van der Waals surface area contributed by atoms with Gasteiger partial charge in [0.1, 0.15) is 11.5 Å². The van der Waals surface area contributed by atoms with Gasteiger partial charge in [-0.1, -0.05) is 66.7 Å². The number of amides is 4. The molecule has 42 heavy (non-hydrogen) atoms. The molecule has 5 aliphatic rings. The lowest BCUT2D eigenvalue weighted by Crippen LogP contribution is -2.60. The number of allylic oxidation sites excluding steroid dienone is 2. The molecule has 6 atom stereocenters. The number of hydrogen-bond donors (Lipinski definition) is 0.